The predicted molar refractivity (Wildman–Crippen MR) is 63.6 cm³/mol. The molecule has 2 heterocycles. The molecule has 0 aromatic carbocycles. The van der Waals surface area contributed by atoms with Crippen molar-refractivity contribution in [1.82, 2.24) is 10.2 Å². The minimum Gasteiger partial charge on any atom is -0.393 e. The number of carbonyl (C=O) groups excluding carboxylic acids is 2. The molecule has 2 amide bonds. The largest absolute Gasteiger partial charge is 0.393 e. The van der Waals surface area contributed by atoms with Gasteiger partial charge in [0.05, 0.1) is 6.10 Å². The molecule has 0 bridgehead atoms. The lowest BCUT2D eigenvalue weighted by Crippen LogP contribution is -2.45. The van der Waals surface area contributed by atoms with Gasteiger partial charge in [0.25, 0.3) is 5.24 Å². The van der Waals surface area contributed by atoms with Crippen LogP contribution in [0.2, 0.25) is 0 Å². The van der Waals surface area contributed by atoms with E-state index in [2.05, 4.69) is 5.32 Å². The van der Waals surface area contributed by atoms with E-state index in [4.69, 9.17) is 0 Å². The molecule has 0 aromatic rings. The molecule has 2 aliphatic heterocycles. The summed E-state index contributed by atoms with van der Waals surface area (Å²) < 4.78 is 0. The van der Waals surface area contributed by atoms with Crippen LogP contribution in [0.1, 0.15) is 12.8 Å². The number of amides is 2. The Hall–Kier alpha value is -0.750. The standard InChI is InChI=1S/C11H16N2O3S/c14-9-2-1-6-3-13(4-7(6)9)10(15)8-5-17-11(16)12-8/h6-9,14H,1-5H2,(H,12,16). The highest BCUT2D eigenvalue weighted by Gasteiger charge is 2.45. The second-order valence-corrected chi connectivity index (χ2v) is 6.10. The molecule has 2 saturated heterocycles. The first-order chi connectivity index (χ1) is 8.15. The molecule has 4 atom stereocenters. The van der Waals surface area contributed by atoms with Crippen LogP contribution in [0, 0.1) is 11.8 Å². The molecule has 0 aromatic heterocycles. The van der Waals surface area contributed by atoms with Gasteiger partial charge in [0, 0.05) is 24.8 Å². The Labute approximate surface area is 104 Å². The van der Waals surface area contributed by atoms with Gasteiger partial charge in [-0.1, -0.05) is 11.8 Å². The van der Waals surface area contributed by atoms with Crippen LogP contribution < -0.4 is 5.32 Å². The van der Waals surface area contributed by atoms with E-state index in [1.54, 1.807) is 0 Å². The van der Waals surface area contributed by atoms with Gasteiger partial charge in [-0.25, -0.2) is 0 Å². The van der Waals surface area contributed by atoms with Gasteiger partial charge in [-0.05, 0) is 18.8 Å². The van der Waals surface area contributed by atoms with Gasteiger partial charge in [-0.3, -0.25) is 9.59 Å². The lowest BCUT2D eigenvalue weighted by molar-refractivity contribution is -0.131. The van der Waals surface area contributed by atoms with Gasteiger partial charge in [0.15, 0.2) is 0 Å². The highest BCUT2D eigenvalue weighted by molar-refractivity contribution is 8.14. The Morgan fingerprint density at radius 2 is 2.24 bits per heavy atom. The topological polar surface area (TPSA) is 69.6 Å². The number of fused-ring (bicyclic) bond motifs is 1. The van der Waals surface area contributed by atoms with Crippen LogP contribution in [0.3, 0.4) is 0 Å². The summed E-state index contributed by atoms with van der Waals surface area (Å²) in [6.45, 7) is 1.40. The van der Waals surface area contributed by atoms with Crippen LogP contribution in [-0.4, -0.2) is 52.1 Å². The molecule has 1 saturated carbocycles. The van der Waals surface area contributed by atoms with E-state index in [9.17, 15) is 14.7 Å². The molecule has 5 nitrogen and oxygen atoms in total. The molecule has 4 unspecified atom stereocenters. The number of rotatable bonds is 1. The summed E-state index contributed by atoms with van der Waals surface area (Å²) >= 11 is 1.17. The minimum atomic E-state index is -0.358. The molecule has 3 rings (SSSR count). The second-order valence-electron chi connectivity index (χ2n) is 5.11. The van der Waals surface area contributed by atoms with E-state index in [1.807, 2.05) is 4.90 Å². The van der Waals surface area contributed by atoms with Gasteiger partial charge in [-0.2, -0.15) is 0 Å². The first kappa shape index (κ1) is 11.3. The Balaban J connectivity index is 1.63. The van der Waals surface area contributed by atoms with E-state index >= 15 is 0 Å². The summed E-state index contributed by atoms with van der Waals surface area (Å²) in [4.78, 5) is 25.0. The van der Waals surface area contributed by atoms with Gasteiger partial charge in [0.2, 0.25) is 5.91 Å². The summed E-state index contributed by atoms with van der Waals surface area (Å²) in [6.07, 6.45) is 1.64. The average molecular weight is 256 g/mol. The van der Waals surface area contributed by atoms with Crippen molar-refractivity contribution in [3.05, 3.63) is 0 Å². The smallest absolute Gasteiger partial charge is 0.279 e. The first-order valence-corrected chi connectivity index (χ1v) is 7.04. The highest BCUT2D eigenvalue weighted by atomic mass is 32.2. The van der Waals surface area contributed by atoms with Crippen LogP contribution in [-0.2, 0) is 4.79 Å². The summed E-state index contributed by atoms with van der Waals surface area (Å²) in [7, 11) is 0. The third-order valence-electron chi connectivity index (χ3n) is 4.10. The third-order valence-corrected chi connectivity index (χ3v) is 4.98. The van der Waals surface area contributed by atoms with Gasteiger partial charge in [0.1, 0.15) is 6.04 Å². The monoisotopic (exact) mass is 256 g/mol. The van der Waals surface area contributed by atoms with Crippen LogP contribution >= 0.6 is 11.8 Å². The number of nitrogens with zero attached hydrogens (tertiary/aromatic N) is 1. The van der Waals surface area contributed by atoms with Crippen molar-refractivity contribution in [3.8, 4) is 0 Å². The molecule has 17 heavy (non-hydrogen) atoms. The Kier molecular flexibility index (Phi) is 2.78. The van der Waals surface area contributed by atoms with Crippen LogP contribution in [0.5, 0.6) is 0 Å². The summed E-state index contributed by atoms with van der Waals surface area (Å²) in [5.41, 5.74) is 0. The maximum absolute atomic E-state index is 12.1. The van der Waals surface area contributed by atoms with E-state index in [1.165, 1.54) is 11.8 Å². The zero-order valence-electron chi connectivity index (χ0n) is 9.46. The third kappa shape index (κ3) is 1.93. The number of aliphatic hydroxyl groups excluding tert-OH is 1. The van der Waals surface area contributed by atoms with Crippen molar-refractivity contribution < 1.29 is 14.7 Å². The quantitative estimate of drug-likeness (QED) is 0.695. The fourth-order valence-electron chi connectivity index (χ4n) is 3.15. The molecule has 6 heteroatoms. The average Bonchev–Trinajstić information content (AvgIpc) is 2.96. The summed E-state index contributed by atoms with van der Waals surface area (Å²) in [5.74, 6) is 1.26. The van der Waals surface area contributed by atoms with Crippen molar-refractivity contribution >= 4 is 22.9 Å². The zero-order chi connectivity index (χ0) is 12.0. The first-order valence-electron chi connectivity index (χ1n) is 6.05. The Bertz CT molecular complexity index is 363. The maximum atomic E-state index is 12.1. The molecule has 94 valence electrons. The molecule has 0 spiro atoms. The molecular weight excluding hydrogens is 240 g/mol. The number of nitrogens with one attached hydrogen (secondary N) is 1. The van der Waals surface area contributed by atoms with Crippen molar-refractivity contribution in [1.29, 1.82) is 0 Å². The fourth-order valence-corrected chi connectivity index (χ4v) is 3.92. The molecule has 3 fully saturated rings. The lowest BCUT2D eigenvalue weighted by atomic mass is 10.00. The summed E-state index contributed by atoms with van der Waals surface area (Å²) in [6, 6.07) is -0.358. The van der Waals surface area contributed by atoms with Gasteiger partial charge >= 0.3 is 0 Å². The maximum Gasteiger partial charge on any atom is 0.279 e. The Morgan fingerprint density at radius 1 is 1.41 bits per heavy atom. The molecule has 3 aliphatic rings. The second kappa shape index (κ2) is 4.17. The van der Waals surface area contributed by atoms with Gasteiger partial charge in [-0.15, -0.1) is 0 Å². The highest BCUT2D eigenvalue weighted by Crippen LogP contribution is 2.38. The molecule has 2 N–H and O–H groups in total. The molecular formula is C11H16N2O3S. The van der Waals surface area contributed by atoms with Crippen molar-refractivity contribution in [2.75, 3.05) is 18.8 Å². The SMILES string of the molecule is O=C1NC(C(=O)N2CC3CCC(O)C3C2)CS1. The van der Waals surface area contributed by atoms with E-state index < -0.39 is 0 Å². The van der Waals surface area contributed by atoms with Crippen molar-refractivity contribution in [2.24, 2.45) is 11.8 Å². The summed E-state index contributed by atoms with van der Waals surface area (Å²) in [5, 5.41) is 12.4. The lowest BCUT2D eigenvalue weighted by Gasteiger charge is -2.21. The van der Waals surface area contributed by atoms with E-state index in [0.29, 0.717) is 18.2 Å². The van der Waals surface area contributed by atoms with Crippen LogP contribution in [0.4, 0.5) is 4.79 Å². The Morgan fingerprint density at radius 3 is 2.88 bits per heavy atom. The number of hydrogen-bond acceptors (Lipinski definition) is 4. The molecule has 0 radical (unpaired) electrons. The fraction of sp³-hybridized carbons (Fsp3) is 0.818. The molecule has 1 aliphatic carbocycles. The van der Waals surface area contributed by atoms with Crippen LogP contribution in [0.25, 0.3) is 0 Å². The van der Waals surface area contributed by atoms with E-state index in [-0.39, 0.29) is 29.2 Å². The van der Waals surface area contributed by atoms with Crippen molar-refractivity contribution in [3.63, 3.8) is 0 Å². The van der Waals surface area contributed by atoms with Crippen LogP contribution in [0.15, 0.2) is 0 Å². The minimum absolute atomic E-state index is 0.0185. The number of aliphatic hydroxyl groups is 1. The normalized spacial score (nSPS) is 40.5. The van der Waals surface area contributed by atoms with E-state index in [0.717, 1.165) is 19.4 Å². The van der Waals surface area contributed by atoms with Gasteiger partial charge < -0.3 is 15.3 Å². The zero-order valence-corrected chi connectivity index (χ0v) is 10.3. The number of hydrogen-bond donors (Lipinski definition) is 2. The predicted octanol–water partition coefficient (Wildman–Crippen LogP) is 0.0407. The number of carbonyl (C=O) groups is 2. The number of likely N-dealkylation sites (tertiary alicyclic amines) is 1. The van der Waals surface area contributed by atoms with Crippen molar-refractivity contribution in [2.45, 2.75) is 25.0 Å². The number of thioether (sulfide) groups is 1.